The van der Waals surface area contributed by atoms with Gasteiger partial charge in [0.25, 0.3) is 0 Å². The Hall–Kier alpha value is -0.820. The summed E-state index contributed by atoms with van der Waals surface area (Å²) in [6.45, 7) is 8.94. The van der Waals surface area contributed by atoms with E-state index in [0.717, 1.165) is 19.0 Å². The maximum atomic E-state index is 3.52. The molecule has 1 aromatic carbocycles. The number of aryl methyl sites for hydroxylation is 1. The van der Waals surface area contributed by atoms with E-state index in [9.17, 15) is 0 Å². The van der Waals surface area contributed by atoms with E-state index in [-0.39, 0.29) is 0 Å². The van der Waals surface area contributed by atoms with Gasteiger partial charge in [0.1, 0.15) is 0 Å². The average Bonchev–Trinajstić information content (AvgIpc) is 2.31. The van der Waals surface area contributed by atoms with Gasteiger partial charge in [-0.25, -0.2) is 0 Å². The summed E-state index contributed by atoms with van der Waals surface area (Å²) in [7, 11) is 0. The maximum absolute atomic E-state index is 3.52. The monoisotopic (exact) mass is 219 g/mol. The van der Waals surface area contributed by atoms with Crippen LogP contribution in [0.25, 0.3) is 0 Å². The lowest BCUT2D eigenvalue weighted by Gasteiger charge is -2.15. The molecule has 1 unspecified atom stereocenters. The van der Waals surface area contributed by atoms with Crippen LogP contribution in [0.4, 0.5) is 0 Å². The van der Waals surface area contributed by atoms with Gasteiger partial charge in [-0.1, -0.05) is 50.1 Å². The largest absolute Gasteiger partial charge is 0.316 e. The first-order chi connectivity index (χ1) is 7.76. The minimum Gasteiger partial charge on any atom is -0.316 e. The lowest BCUT2D eigenvalue weighted by atomic mass is 9.96. The molecule has 0 bridgehead atoms. The molecular weight excluding hydrogens is 194 g/mol. The maximum Gasteiger partial charge on any atom is -0.00174 e. The van der Waals surface area contributed by atoms with Crippen LogP contribution in [0.2, 0.25) is 0 Å². The van der Waals surface area contributed by atoms with Gasteiger partial charge in [-0.3, -0.25) is 0 Å². The first kappa shape index (κ1) is 13.2. The second-order valence-corrected chi connectivity index (χ2v) is 4.67. The Morgan fingerprint density at radius 2 is 1.81 bits per heavy atom. The van der Waals surface area contributed by atoms with Gasteiger partial charge in [-0.05, 0) is 44.3 Å². The van der Waals surface area contributed by atoms with Crippen LogP contribution in [0.5, 0.6) is 0 Å². The van der Waals surface area contributed by atoms with Crippen molar-refractivity contribution in [3.63, 3.8) is 0 Å². The molecule has 0 aliphatic carbocycles. The zero-order chi connectivity index (χ0) is 11.8. The summed E-state index contributed by atoms with van der Waals surface area (Å²) in [4.78, 5) is 0. The van der Waals surface area contributed by atoms with Gasteiger partial charge in [-0.2, -0.15) is 0 Å². The van der Waals surface area contributed by atoms with Crippen molar-refractivity contribution in [1.82, 2.24) is 5.32 Å². The molecule has 1 atom stereocenters. The Morgan fingerprint density at radius 1 is 1.12 bits per heavy atom. The molecule has 1 N–H and O–H groups in total. The molecule has 1 rings (SSSR count). The van der Waals surface area contributed by atoms with Crippen molar-refractivity contribution >= 4 is 0 Å². The van der Waals surface area contributed by atoms with E-state index < -0.39 is 0 Å². The van der Waals surface area contributed by atoms with Gasteiger partial charge in [0.2, 0.25) is 0 Å². The van der Waals surface area contributed by atoms with Crippen LogP contribution in [0.3, 0.4) is 0 Å². The third-order valence-corrected chi connectivity index (χ3v) is 3.08. The van der Waals surface area contributed by atoms with Crippen molar-refractivity contribution in [3.05, 3.63) is 35.4 Å². The summed E-state index contributed by atoms with van der Waals surface area (Å²) >= 11 is 0. The number of benzene rings is 1. The third kappa shape index (κ3) is 4.80. The molecule has 0 heterocycles. The van der Waals surface area contributed by atoms with Crippen molar-refractivity contribution in [2.24, 2.45) is 5.92 Å². The Morgan fingerprint density at radius 3 is 2.38 bits per heavy atom. The quantitative estimate of drug-likeness (QED) is 0.691. The molecule has 90 valence electrons. The number of hydrogen-bond donors (Lipinski definition) is 1. The van der Waals surface area contributed by atoms with E-state index in [0.29, 0.717) is 0 Å². The van der Waals surface area contributed by atoms with Crippen LogP contribution in [0, 0.1) is 12.8 Å². The second kappa shape index (κ2) is 7.45. The van der Waals surface area contributed by atoms with Crippen molar-refractivity contribution in [1.29, 1.82) is 0 Å². The van der Waals surface area contributed by atoms with Gasteiger partial charge in [-0.15, -0.1) is 0 Å². The van der Waals surface area contributed by atoms with E-state index in [4.69, 9.17) is 0 Å². The van der Waals surface area contributed by atoms with Crippen LogP contribution >= 0.6 is 0 Å². The standard InChI is InChI=1S/C15H25N/c1-4-10-16-12-14(5-2)11-15-8-6-13(3)7-9-15/h6-9,14,16H,4-5,10-12H2,1-3H3. The van der Waals surface area contributed by atoms with E-state index >= 15 is 0 Å². The first-order valence-electron chi connectivity index (χ1n) is 6.52. The highest BCUT2D eigenvalue weighted by molar-refractivity contribution is 5.21. The topological polar surface area (TPSA) is 12.0 Å². The zero-order valence-corrected chi connectivity index (χ0v) is 10.9. The molecule has 0 saturated heterocycles. The minimum absolute atomic E-state index is 0.772. The molecule has 0 spiro atoms. The summed E-state index contributed by atoms with van der Waals surface area (Å²) in [6, 6.07) is 8.94. The molecule has 0 amide bonds. The lowest BCUT2D eigenvalue weighted by molar-refractivity contribution is 0.460. The summed E-state index contributed by atoms with van der Waals surface area (Å²) in [6.07, 6.45) is 3.68. The van der Waals surface area contributed by atoms with Gasteiger partial charge >= 0.3 is 0 Å². The van der Waals surface area contributed by atoms with E-state index in [2.05, 4.69) is 50.4 Å². The summed E-state index contributed by atoms with van der Waals surface area (Å²) in [5.41, 5.74) is 2.82. The van der Waals surface area contributed by atoms with Crippen LogP contribution in [0.15, 0.2) is 24.3 Å². The van der Waals surface area contributed by atoms with Gasteiger partial charge < -0.3 is 5.32 Å². The van der Waals surface area contributed by atoms with Crippen LogP contribution < -0.4 is 5.32 Å². The van der Waals surface area contributed by atoms with Crippen LogP contribution in [0.1, 0.15) is 37.8 Å². The number of hydrogen-bond acceptors (Lipinski definition) is 1. The predicted octanol–water partition coefficient (Wildman–Crippen LogP) is 3.56. The highest BCUT2D eigenvalue weighted by Crippen LogP contribution is 2.12. The van der Waals surface area contributed by atoms with Crippen LogP contribution in [-0.2, 0) is 6.42 Å². The smallest absolute Gasteiger partial charge is 0.00174 e. The highest BCUT2D eigenvalue weighted by atomic mass is 14.8. The summed E-state index contributed by atoms with van der Waals surface area (Å²) < 4.78 is 0. The summed E-state index contributed by atoms with van der Waals surface area (Å²) in [5, 5.41) is 3.52. The Labute approximate surface area is 100 Å². The molecule has 1 aromatic rings. The van der Waals surface area contributed by atoms with E-state index in [1.165, 1.54) is 30.4 Å². The molecule has 0 aromatic heterocycles. The van der Waals surface area contributed by atoms with Crippen LogP contribution in [-0.4, -0.2) is 13.1 Å². The Bertz CT molecular complexity index is 276. The zero-order valence-electron chi connectivity index (χ0n) is 10.9. The molecular formula is C15H25N. The van der Waals surface area contributed by atoms with E-state index in [1.54, 1.807) is 0 Å². The minimum atomic E-state index is 0.772. The molecule has 0 aliphatic rings. The molecule has 0 aliphatic heterocycles. The SMILES string of the molecule is CCCNCC(CC)Cc1ccc(C)cc1. The van der Waals surface area contributed by atoms with Gasteiger partial charge in [0, 0.05) is 0 Å². The lowest BCUT2D eigenvalue weighted by Crippen LogP contribution is -2.24. The average molecular weight is 219 g/mol. The molecule has 0 fully saturated rings. The first-order valence-corrected chi connectivity index (χ1v) is 6.52. The fraction of sp³-hybridized carbons (Fsp3) is 0.600. The molecule has 1 nitrogen and oxygen atoms in total. The van der Waals surface area contributed by atoms with Crippen molar-refractivity contribution in [3.8, 4) is 0 Å². The number of nitrogens with one attached hydrogen (secondary N) is 1. The normalized spacial score (nSPS) is 12.7. The van der Waals surface area contributed by atoms with E-state index in [1.807, 2.05) is 0 Å². The summed E-state index contributed by atoms with van der Waals surface area (Å²) in [5.74, 6) is 0.772. The van der Waals surface area contributed by atoms with Gasteiger partial charge in [0.05, 0.1) is 0 Å². The highest BCUT2D eigenvalue weighted by Gasteiger charge is 2.06. The Kier molecular flexibility index (Phi) is 6.17. The number of rotatable bonds is 7. The molecule has 0 radical (unpaired) electrons. The fourth-order valence-corrected chi connectivity index (χ4v) is 1.90. The fourth-order valence-electron chi connectivity index (χ4n) is 1.90. The Balaban J connectivity index is 2.40. The van der Waals surface area contributed by atoms with Gasteiger partial charge in [0.15, 0.2) is 0 Å². The predicted molar refractivity (Wildman–Crippen MR) is 71.8 cm³/mol. The van der Waals surface area contributed by atoms with Crippen molar-refractivity contribution in [2.45, 2.75) is 40.0 Å². The molecule has 1 heteroatoms. The molecule has 16 heavy (non-hydrogen) atoms. The molecule has 0 saturated carbocycles. The van der Waals surface area contributed by atoms with Crippen molar-refractivity contribution in [2.75, 3.05) is 13.1 Å². The third-order valence-electron chi connectivity index (χ3n) is 3.08. The van der Waals surface area contributed by atoms with Crippen molar-refractivity contribution < 1.29 is 0 Å². The second-order valence-electron chi connectivity index (χ2n) is 4.67.